The molecule has 1 fully saturated rings. The van der Waals surface area contributed by atoms with Crippen molar-refractivity contribution in [1.82, 2.24) is 0 Å². The van der Waals surface area contributed by atoms with Gasteiger partial charge in [0.1, 0.15) is 16.9 Å². The van der Waals surface area contributed by atoms with E-state index in [1.165, 1.54) is 21.1 Å². The number of anilines is 2. The number of allylic oxidation sites excluding steroid dienone is 1. The van der Waals surface area contributed by atoms with E-state index in [0.29, 0.717) is 22.7 Å². The molecule has 3 aliphatic rings. The molecule has 38 heavy (non-hydrogen) atoms. The number of methoxy groups -OCH3 is 2. The highest BCUT2D eigenvalue weighted by Gasteiger charge is 2.70. The molecule has 7 heteroatoms. The van der Waals surface area contributed by atoms with Gasteiger partial charge in [0, 0.05) is 16.9 Å². The lowest BCUT2D eigenvalue weighted by Crippen LogP contribution is -2.51. The van der Waals surface area contributed by atoms with E-state index in [2.05, 4.69) is 5.32 Å². The van der Waals surface area contributed by atoms with Crippen molar-refractivity contribution < 1.29 is 23.9 Å². The van der Waals surface area contributed by atoms with Crippen LogP contribution in [-0.4, -0.2) is 43.8 Å². The summed E-state index contributed by atoms with van der Waals surface area (Å²) >= 11 is 0. The van der Waals surface area contributed by atoms with Gasteiger partial charge in [-0.3, -0.25) is 14.4 Å². The minimum absolute atomic E-state index is 0.188. The first-order valence-corrected chi connectivity index (χ1v) is 12.6. The smallest absolute Gasteiger partial charge is 0.238 e. The van der Waals surface area contributed by atoms with Crippen molar-refractivity contribution in [2.75, 3.05) is 24.4 Å². The van der Waals surface area contributed by atoms with Crippen molar-refractivity contribution in [2.45, 2.75) is 31.3 Å². The van der Waals surface area contributed by atoms with Gasteiger partial charge in [-0.25, -0.2) is 0 Å². The van der Waals surface area contributed by atoms with Gasteiger partial charge in [0.05, 0.1) is 37.8 Å². The third-order valence-electron chi connectivity index (χ3n) is 8.25. The number of rotatable bonds is 5. The van der Waals surface area contributed by atoms with Gasteiger partial charge >= 0.3 is 0 Å². The minimum atomic E-state index is -1.34. The van der Waals surface area contributed by atoms with Gasteiger partial charge in [0.2, 0.25) is 5.91 Å². The molecule has 0 radical (unpaired) electrons. The summed E-state index contributed by atoms with van der Waals surface area (Å²) in [6, 6.07) is 18.9. The van der Waals surface area contributed by atoms with E-state index in [1.54, 1.807) is 18.2 Å². The first kappa shape index (κ1) is 24.0. The Balaban J connectivity index is 1.68. The number of amides is 1. The second kappa shape index (κ2) is 8.58. The maximum atomic E-state index is 14.7. The van der Waals surface area contributed by atoms with E-state index in [4.69, 9.17) is 9.47 Å². The van der Waals surface area contributed by atoms with E-state index in [-0.39, 0.29) is 23.0 Å². The van der Waals surface area contributed by atoms with Crippen LogP contribution < -0.4 is 19.7 Å². The number of fused-ring (bicyclic) bond motifs is 6. The number of hydrogen-bond donors (Lipinski definition) is 1. The van der Waals surface area contributed by atoms with Crippen LogP contribution in [0, 0.1) is 5.92 Å². The molecule has 0 bridgehead atoms. The van der Waals surface area contributed by atoms with Crippen molar-refractivity contribution in [2.24, 2.45) is 5.92 Å². The highest BCUT2D eigenvalue weighted by molar-refractivity contribution is 6.17. The Morgan fingerprint density at radius 1 is 0.974 bits per heavy atom. The van der Waals surface area contributed by atoms with Crippen LogP contribution in [0.4, 0.5) is 11.4 Å². The standard InChI is InChI=1S/C31H28N2O5/c1-17-15-26-31(22-10-6-7-11-23(22)32-30(31)36)27(29(35)21-16-19(37-3)13-14-25(21)38-4)28(18(2)34)33(26)24-12-8-5-9-20(17)24/h5-16,26-28H,1-4H3,(H,32,36)/t26-,27-,28-,31+/m0/s1. The number of carbonyl (C=O) groups excluding carboxylic acids is 3. The average molecular weight is 509 g/mol. The number of para-hydroxylation sites is 2. The molecule has 3 aliphatic heterocycles. The van der Waals surface area contributed by atoms with Crippen LogP contribution in [0.15, 0.2) is 72.8 Å². The fourth-order valence-electron chi connectivity index (χ4n) is 6.71. The first-order chi connectivity index (χ1) is 18.3. The highest BCUT2D eigenvalue weighted by atomic mass is 16.5. The van der Waals surface area contributed by atoms with Crippen LogP contribution in [0.2, 0.25) is 0 Å². The average Bonchev–Trinajstić information content (AvgIpc) is 3.40. The zero-order valence-electron chi connectivity index (χ0n) is 21.6. The van der Waals surface area contributed by atoms with E-state index >= 15 is 0 Å². The Morgan fingerprint density at radius 2 is 1.71 bits per heavy atom. The lowest BCUT2D eigenvalue weighted by Gasteiger charge is -2.39. The second-order valence-electron chi connectivity index (χ2n) is 10.1. The predicted octanol–water partition coefficient (Wildman–Crippen LogP) is 4.66. The van der Waals surface area contributed by atoms with Crippen LogP contribution in [-0.2, 0) is 15.0 Å². The van der Waals surface area contributed by atoms with Crippen molar-refractivity contribution in [3.63, 3.8) is 0 Å². The zero-order chi connectivity index (χ0) is 26.8. The number of ketones is 2. The van der Waals surface area contributed by atoms with Crippen LogP contribution in [0.3, 0.4) is 0 Å². The number of nitrogens with zero attached hydrogens (tertiary/aromatic N) is 1. The molecule has 6 rings (SSSR count). The van der Waals surface area contributed by atoms with Gasteiger partial charge in [-0.1, -0.05) is 42.5 Å². The topological polar surface area (TPSA) is 84.9 Å². The first-order valence-electron chi connectivity index (χ1n) is 12.6. The lowest BCUT2D eigenvalue weighted by molar-refractivity contribution is -0.122. The number of ether oxygens (including phenoxy) is 2. The Bertz CT molecular complexity index is 1540. The molecule has 7 nitrogen and oxygen atoms in total. The number of hydrogen-bond acceptors (Lipinski definition) is 6. The quantitative estimate of drug-likeness (QED) is 0.505. The number of Topliss-reactive ketones (excluding diaryl/α,β-unsaturated/α-hetero) is 2. The Morgan fingerprint density at radius 3 is 2.45 bits per heavy atom. The summed E-state index contributed by atoms with van der Waals surface area (Å²) in [6.45, 7) is 3.50. The summed E-state index contributed by atoms with van der Waals surface area (Å²) in [4.78, 5) is 44.5. The number of nitrogens with one attached hydrogen (secondary N) is 1. The Kier molecular flexibility index (Phi) is 5.42. The van der Waals surface area contributed by atoms with Crippen molar-refractivity contribution in [1.29, 1.82) is 0 Å². The lowest BCUT2D eigenvalue weighted by atomic mass is 9.64. The molecule has 0 saturated carbocycles. The maximum Gasteiger partial charge on any atom is 0.238 e. The van der Waals surface area contributed by atoms with E-state index in [9.17, 15) is 14.4 Å². The third kappa shape index (κ3) is 3.05. The second-order valence-corrected chi connectivity index (χ2v) is 10.1. The fraction of sp³-hybridized carbons (Fsp3) is 0.258. The highest BCUT2D eigenvalue weighted by Crippen LogP contribution is 2.58. The summed E-state index contributed by atoms with van der Waals surface area (Å²) in [5.74, 6) is -1.00. The SMILES string of the molecule is COc1ccc(OC)c(C(=O)[C@@H]2[C@H](C(C)=O)N3c4ccccc4C(C)=C[C@H]3[C@@]23C(=O)Nc2ccccc23)c1. The summed E-state index contributed by atoms with van der Waals surface area (Å²) in [7, 11) is 3.02. The van der Waals surface area contributed by atoms with Gasteiger partial charge in [0.25, 0.3) is 0 Å². The molecule has 3 aromatic rings. The van der Waals surface area contributed by atoms with Crippen molar-refractivity contribution >= 4 is 34.4 Å². The summed E-state index contributed by atoms with van der Waals surface area (Å²) in [6.07, 6.45) is 2.04. The third-order valence-corrected chi connectivity index (χ3v) is 8.25. The minimum Gasteiger partial charge on any atom is -0.497 e. The fourth-order valence-corrected chi connectivity index (χ4v) is 6.71. The summed E-state index contributed by atoms with van der Waals surface area (Å²) in [5.41, 5.74) is 3.11. The van der Waals surface area contributed by atoms with Gasteiger partial charge in [-0.05, 0) is 55.3 Å². The molecule has 192 valence electrons. The van der Waals surface area contributed by atoms with Gasteiger partial charge < -0.3 is 19.7 Å². The molecule has 0 aliphatic carbocycles. The molecule has 1 spiro atoms. The monoisotopic (exact) mass is 508 g/mol. The van der Waals surface area contributed by atoms with Gasteiger partial charge in [0.15, 0.2) is 11.6 Å². The number of carbonyl (C=O) groups is 3. The summed E-state index contributed by atoms with van der Waals surface area (Å²) in [5, 5.41) is 3.03. The van der Waals surface area contributed by atoms with Crippen LogP contribution >= 0.6 is 0 Å². The molecular weight excluding hydrogens is 480 g/mol. The molecule has 1 saturated heterocycles. The van der Waals surface area contributed by atoms with Crippen LogP contribution in [0.25, 0.3) is 5.57 Å². The van der Waals surface area contributed by atoms with Crippen LogP contribution in [0.1, 0.15) is 35.3 Å². The molecule has 3 heterocycles. The van der Waals surface area contributed by atoms with E-state index < -0.39 is 23.4 Å². The van der Waals surface area contributed by atoms with Crippen molar-refractivity contribution in [3.8, 4) is 11.5 Å². The Labute approximate surface area is 221 Å². The maximum absolute atomic E-state index is 14.7. The molecule has 4 atom stereocenters. The van der Waals surface area contributed by atoms with Crippen LogP contribution in [0.5, 0.6) is 11.5 Å². The molecule has 1 N–H and O–H groups in total. The predicted molar refractivity (Wildman–Crippen MR) is 145 cm³/mol. The Hall–Kier alpha value is -4.39. The molecule has 3 aromatic carbocycles. The molecule has 0 aromatic heterocycles. The zero-order valence-corrected chi connectivity index (χ0v) is 21.6. The van der Waals surface area contributed by atoms with Gasteiger partial charge in [-0.2, -0.15) is 0 Å². The molecule has 1 amide bonds. The van der Waals surface area contributed by atoms with E-state index in [1.807, 2.05) is 66.4 Å². The van der Waals surface area contributed by atoms with Crippen molar-refractivity contribution in [3.05, 3.63) is 89.5 Å². The normalized spacial score (nSPS) is 24.7. The summed E-state index contributed by atoms with van der Waals surface area (Å²) < 4.78 is 11.0. The number of benzene rings is 3. The van der Waals surface area contributed by atoms with E-state index in [0.717, 1.165) is 16.8 Å². The largest absolute Gasteiger partial charge is 0.497 e. The molecule has 0 unspecified atom stereocenters. The van der Waals surface area contributed by atoms with Gasteiger partial charge in [-0.15, -0.1) is 0 Å². The molecular formula is C31H28N2O5.